The summed E-state index contributed by atoms with van der Waals surface area (Å²) in [6.45, 7) is 7.31. The van der Waals surface area contributed by atoms with Crippen LogP contribution in [0.4, 0.5) is 5.69 Å². The van der Waals surface area contributed by atoms with Crippen LogP contribution in [-0.2, 0) is 28.4 Å². The van der Waals surface area contributed by atoms with Gasteiger partial charge in [0.2, 0.25) is 0 Å². The molecule has 3 N–H and O–H groups in total. The SMILES string of the molecule is C[C@H]1CCCCO[C@H](CN(C)Cc2ccc(C(=O)O)cc2)[C@@H](C)CN([C@@H](C)CO)C(=O)c2cc(NS(=O)(=O)c3cn(C)cn3)ccc2O1. The lowest BCUT2D eigenvalue weighted by atomic mass is 10.0. The number of aryl methyl sites for hydroxylation is 1. The molecule has 0 radical (unpaired) electrons. The molecule has 1 amide bonds. The average Bonchev–Trinajstić information content (AvgIpc) is 3.49. The van der Waals surface area contributed by atoms with Crippen molar-refractivity contribution >= 4 is 27.6 Å². The van der Waals surface area contributed by atoms with Crippen LogP contribution < -0.4 is 9.46 Å². The first-order valence-corrected chi connectivity index (χ1v) is 17.6. The number of amides is 1. The Labute approximate surface area is 282 Å². The third-order valence-corrected chi connectivity index (χ3v) is 9.67. The number of hydrogen-bond acceptors (Lipinski definition) is 9. The number of nitrogens with one attached hydrogen (secondary N) is 1. The number of fused-ring (bicyclic) bond motifs is 1. The van der Waals surface area contributed by atoms with Gasteiger partial charge >= 0.3 is 5.97 Å². The van der Waals surface area contributed by atoms with E-state index in [9.17, 15) is 28.2 Å². The second-order valence-electron chi connectivity index (χ2n) is 12.7. The van der Waals surface area contributed by atoms with Gasteiger partial charge in [0.05, 0.1) is 42.3 Å². The second-order valence-corrected chi connectivity index (χ2v) is 14.3. The molecule has 0 saturated carbocycles. The van der Waals surface area contributed by atoms with Crippen LogP contribution >= 0.6 is 0 Å². The van der Waals surface area contributed by atoms with Gasteiger partial charge in [-0.2, -0.15) is 8.42 Å². The molecular weight excluding hydrogens is 638 g/mol. The summed E-state index contributed by atoms with van der Waals surface area (Å²) in [5, 5.41) is 19.3. The maximum atomic E-state index is 14.3. The van der Waals surface area contributed by atoms with Crippen LogP contribution in [-0.4, -0.2) is 101 Å². The lowest BCUT2D eigenvalue weighted by molar-refractivity contribution is -0.0177. The zero-order valence-electron chi connectivity index (χ0n) is 28.2. The summed E-state index contributed by atoms with van der Waals surface area (Å²) in [6, 6.07) is 10.8. The number of aliphatic hydroxyl groups is 1. The van der Waals surface area contributed by atoms with Gasteiger partial charge in [-0.1, -0.05) is 19.1 Å². The first-order valence-electron chi connectivity index (χ1n) is 16.1. The Morgan fingerprint density at radius 3 is 2.54 bits per heavy atom. The van der Waals surface area contributed by atoms with Crippen molar-refractivity contribution < 1.29 is 37.7 Å². The topological polar surface area (TPSA) is 164 Å². The average molecular weight is 686 g/mol. The van der Waals surface area contributed by atoms with Crippen molar-refractivity contribution in [2.24, 2.45) is 13.0 Å². The Hall–Kier alpha value is -3.98. The number of rotatable bonds is 10. The van der Waals surface area contributed by atoms with E-state index in [0.29, 0.717) is 31.9 Å². The Balaban J connectivity index is 1.61. The smallest absolute Gasteiger partial charge is 0.335 e. The fourth-order valence-corrected chi connectivity index (χ4v) is 6.65. The first-order chi connectivity index (χ1) is 22.8. The van der Waals surface area contributed by atoms with Crippen molar-refractivity contribution in [1.29, 1.82) is 0 Å². The van der Waals surface area contributed by atoms with Gasteiger partial charge in [0.25, 0.3) is 15.9 Å². The third kappa shape index (κ3) is 9.78. The summed E-state index contributed by atoms with van der Waals surface area (Å²) in [6.07, 6.45) is 4.65. The second kappa shape index (κ2) is 16.4. The van der Waals surface area contributed by atoms with E-state index in [-0.39, 0.29) is 53.1 Å². The van der Waals surface area contributed by atoms with E-state index in [4.69, 9.17) is 9.47 Å². The minimum absolute atomic E-state index is 0.154. The highest BCUT2D eigenvalue weighted by atomic mass is 32.2. The van der Waals surface area contributed by atoms with E-state index in [1.165, 1.54) is 23.2 Å². The number of carbonyl (C=O) groups is 2. The molecule has 4 atom stereocenters. The monoisotopic (exact) mass is 685 g/mol. The van der Waals surface area contributed by atoms with Crippen molar-refractivity contribution in [3.63, 3.8) is 0 Å². The molecular formula is C34H47N5O8S. The molecule has 0 bridgehead atoms. The molecule has 14 heteroatoms. The van der Waals surface area contributed by atoms with Gasteiger partial charge in [-0.3, -0.25) is 14.4 Å². The van der Waals surface area contributed by atoms with E-state index in [0.717, 1.165) is 18.4 Å². The Bertz CT molecular complexity index is 1650. The van der Waals surface area contributed by atoms with E-state index in [1.807, 2.05) is 20.9 Å². The summed E-state index contributed by atoms with van der Waals surface area (Å²) < 4.78 is 42.8. The summed E-state index contributed by atoms with van der Waals surface area (Å²) in [5.41, 5.74) is 1.54. The van der Waals surface area contributed by atoms with Gasteiger partial charge in [0, 0.05) is 51.1 Å². The van der Waals surface area contributed by atoms with Crippen LogP contribution in [0.25, 0.3) is 0 Å². The van der Waals surface area contributed by atoms with Crippen molar-refractivity contribution in [2.75, 3.05) is 38.1 Å². The fraction of sp³-hybridized carbons (Fsp3) is 0.500. The van der Waals surface area contributed by atoms with E-state index in [2.05, 4.69) is 14.6 Å². The van der Waals surface area contributed by atoms with Gasteiger partial charge in [0.1, 0.15) is 5.75 Å². The quantitative estimate of drug-likeness (QED) is 0.286. The molecule has 1 aliphatic heterocycles. The highest BCUT2D eigenvalue weighted by Gasteiger charge is 2.31. The largest absolute Gasteiger partial charge is 0.490 e. The van der Waals surface area contributed by atoms with E-state index >= 15 is 0 Å². The fourth-order valence-electron chi connectivity index (χ4n) is 5.62. The zero-order chi connectivity index (χ0) is 35.0. The minimum Gasteiger partial charge on any atom is -0.490 e. The molecule has 0 unspecified atom stereocenters. The van der Waals surface area contributed by atoms with Crippen molar-refractivity contribution in [1.82, 2.24) is 19.4 Å². The van der Waals surface area contributed by atoms with Gasteiger partial charge in [-0.05, 0) is 76.1 Å². The summed E-state index contributed by atoms with van der Waals surface area (Å²) in [7, 11) is -0.386. The molecule has 2 heterocycles. The number of sulfonamides is 1. The van der Waals surface area contributed by atoms with Crippen LogP contribution in [0, 0.1) is 5.92 Å². The van der Waals surface area contributed by atoms with Gasteiger partial charge < -0.3 is 29.2 Å². The third-order valence-electron chi connectivity index (χ3n) is 8.41. The number of ether oxygens (including phenoxy) is 2. The predicted octanol–water partition coefficient (Wildman–Crippen LogP) is 3.85. The molecule has 0 saturated heterocycles. The summed E-state index contributed by atoms with van der Waals surface area (Å²) >= 11 is 0. The molecule has 0 fully saturated rings. The molecule has 4 rings (SSSR count). The van der Waals surface area contributed by atoms with Crippen molar-refractivity contribution in [3.8, 4) is 5.75 Å². The number of aromatic nitrogens is 2. The van der Waals surface area contributed by atoms with Crippen LogP contribution in [0.3, 0.4) is 0 Å². The van der Waals surface area contributed by atoms with Crippen LogP contribution in [0.5, 0.6) is 5.75 Å². The van der Waals surface area contributed by atoms with E-state index < -0.39 is 27.9 Å². The number of hydrogen-bond donors (Lipinski definition) is 3. The number of benzene rings is 2. The van der Waals surface area contributed by atoms with Crippen molar-refractivity contribution in [2.45, 2.75) is 69.9 Å². The molecule has 0 aliphatic carbocycles. The first kappa shape index (κ1) is 36.8. The van der Waals surface area contributed by atoms with Crippen LogP contribution in [0.15, 0.2) is 60.0 Å². The molecule has 48 heavy (non-hydrogen) atoms. The summed E-state index contributed by atoms with van der Waals surface area (Å²) in [4.78, 5) is 33.2. The molecule has 1 aliphatic rings. The number of likely N-dealkylation sites (N-methyl/N-ethyl adjacent to an activating group) is 1. The number of carboxylic acid groups (broad SMARTS) is 1. The molecule has 2 aromatic carbocycles. The Kier molecular flexibility index (Phi) is 12.6. The standard InChI is InChI=1S/C34H47N5O8S/c1-23-17-39(24(2)21-40)33(41)29-16-28(36-48(44,45)32-20-38(5)22-35-32)13-14-30(29)47-25(3)8-6-7-15-46-31(23)19-37(4)18-26-9-11-27(12-10-26)34(42)43/h9-14,16,20,22-25,31,36,40H,6-8,15,17-19,21H2,1-5H3,(H,42,43)/t23-,24-,25-,31+/m0/s1. The number of carboxylic acids is 1. The lowest BCUT2D eigenvalue weighted by Crippen LogP contribution is -2.47. The normalized spacial score (nSPS) is 20.4. The maximum absolute atomic E-state index is 14.3. The van der Waals surface area contributed by atoms with Crippen LogP contribution in [0.2, 0.25) is 0 Å². The van der Waals surface area contributed by atoms with Gasteiger partial charge in [-0.25, -0.2) is 9.78 Å². The molecule has 3 aromatic rings. The van der Waals surface area contributed by atoms with Gasteiger partial charge in [-0.15, -0.1) is 0 Å². The lowest BCUT2D eigenvalue weighted by Gasteiger charge is -2.36. The number of carbonyl (C=O) groups excluding carboxylic acids is 1. The Morgan fingerprint density at radius 2 is 1.90 bits per heavy atom. The number of imidazole rings is 1. The molecule has 1 aromatic heterocycles. The zero-order valence-corrected chi connectivity index (χ0v) is 29.0. The number of aliphatic hydroxyl groups excluding tert-OH is 1. The van der Waals surface area contributed by atoms with Gasteiger partial charge in [0.15, 0.2) is 5.03 Å². The van der Waals surface area contributed by atoms with Crippen molar-refractivity contribution in [3.05, 3.63) is 71.7 Å². The minimum atomic E-state index is -4.02. The highest BCUT2D eigenvalue weighted by Crippen LogP contribution is 2.29. The molecule has 13 nitrogen and oxygen atoms in total. The Morgan fingerprint density at radius 1 is 1.17 bits per heavy atom. The maximum Gasteiger partial charge on any atom is 0.335 e. The number of aromatic carboxylic acids is 1. The summed E-state index contributed by atoms with van der Waals surface area (Å²) in [5.74, 6) is -1.21. The number of nitrogens with zero attached hydrogens (tertiary/aromatic N) is 4. The van der Waals surface area contributed by atoms with Crippen LogP contribution in [0.1, 0.15) is 66.3 Å². The molecule has 0 spiro atoms. The highest BCUT2D eigenvalue weighted by molar-refractivity contribution is 7.92. The molecule has 262 valence electrons. The van der Waals surface area contributed by atoms with E-state index in [1.54, 1.807) is 55.3 Å². The predicted molar refractivity (Wildman–Crippen MR) is 181 cm³/mol. The number of anilines is 1.